The molecule has 8 nitrogen and oxygen atoms in total. The summed E-state index contributed by atoms with van der Waals surface area (Å²) in [5.74, 6) is -1.31. The van der Waals surface area contributed by atoms with Crippen molar-refractivity contribution >= 4 is 23.6 Å². The SMILES string of the molecule is COc1cc2c(c(Cl)c1-c1c(O)cccc1F)OC[C@H]1CN(C(=O)O)CCN1C2=O. The molecule has 1 saturated heterocycles. The summed E-state index contributed by atoms with van der Waals surface area (Å²) < 4.78 is 25.7. The van der Waals surface area contributed by atoms with Crippen molar-refractivity contribution in [3.05, 3.63) is 40.7 Å². The van der Waals surface area contributed by atoms with Crippen LogP contribution in [0.5, 0.6) is 17.2 Å². The number of amides is 2. The van der Waals surface area contributed by atoms with Gasteiger partial charge in [0.05, 0.1) is 34.9 Å². The van der Waals surface area contributed by atoms with Crippen LogP contribution in [0.3, 0.4) is 0 Å². The van der Waals surface area contributed by atoms with Crippen molar-refractivity contribution in [1.82, 2.24) is 9.80 Å². The number of halogens is 2. The fourth-order valence-electron chi connectivity index (χ4n) is 3.84. The number of hydrogen-bond donors (Lipinski definition) is 2. The zero-order valence-electron chi connectivity index (χ0n) is 15.9. The Kier molecular flexibility index (Phi) is 5.07. The lowest BCUT2D eigenvalue weighted by molar-refractivity contribution is 0.0390. The van der Waals surface area contributed by atoms with Crippen molar-refractivity contribution in [3.63, 3.8) is 0 Å². The molecule has 0 unspecified atom stereocenters. The van der Waals surface area contributed by atoms with E-state index in [9.17, 15) is 24.2 Å². The van der Waals surface area contributed by atoms with Crippen LogP contribution in [0.25, 0.3) is 11.1 Å². The number of hydrogen-bond acceptors (Lipinski definition) is 5. The zero-order chi connectivity index (χ0) is 21.6. The summed E-state index contributed by atoms with van der Waals surface area (Å²) in [4.78, 5) is 27.3. The standard InChI is InChI=1S/C20H18ClFN2O6/c1-29-14-7-11-18(17(21)16(14)15-12(22)3-2-4-13(15)25)30-9-10-8-23(20(27)28)5-6-24(10)19(11)26/h2-4,7,10,25H,5-6,8-9H2,1H3,(H,27,28)/t10-/m1/s1. The quantitative estimate of drug-likeness (QED) is 0.750. The molecule has 2 aromatic rings. The van der Waals surface area contributed by atoms with Gasteiger partial charge in [0.25, 0.3) is 5.91 Å². The predicted octanol–water partition coefficient (Wildman–Crippen LogP) is 3.06. The number of fused-ring (bicyclic) bond motifs is 2. The number of carbonyl (C=O) groups excluding carboxylic acids is 1. The van der Waals surface area contributed by atoms with Crippen LogP contribution in [-0.4, -0.2) is 71.4 Å². The monoisotopic (exact) mass is 436 g/mol. The van der Waals surface area contributed by atoms with Gasteiger partial charge in [0.2, 0.25) is 0 Å². The van der Waals surface area contributed by atoms with Crippen molar-refractivity contribution in [2.75, 3.05) is 33.4 Å². The average Bonchev–Trinajstić information content (AvgIpc) is 2.85. The van der Waals surface area contributed by atoms with Crippen molar-refractivity contribution < 1.29 is 33.7 Å². The average molecular weight is 437 g/mol. The number of ether oxygens (including phenoxy) is 2. The van der Waals surface area contributed by atoms with E-state index in [1.54, 1.807) is 4.90 Å². The van der Waals surface area contributed by atoms with E-state index in [-0.39, 0.29) is 71.1 Å². The number of phenols is 1. The van der Waals surface area contributed by atoms with Crippen LogP contribution in [0.1, 0.15) is 10.4 Å². The molecule has 30 heavy (non-hydrogen) atoms. The molecular weight excluding hydrogens is 419 g/mol. The third kappa shape index (κ3) is 3.15. The smallest absolute Gasteiger partial charge is 0.407 e. The summed E-state index contributed by atoms with van der Waals surface area (Å²) in [5.41, 5.74) is 0.0216. The van der Waals surface area contributed by atoms with E-state index < -0.39 is 18.0 Å². The number of aromatic hydroxyl groups is 1. The van der Waals surface area contributed by atoms with Crippen LogP contribution in [-0.2, 0) is 0 Å². The van der Waals surface area contributed by atoms with Gasteiger partial charge >= 0.3 is 6.09 Å². The van der Waals surface area contributed by atoms with Gasteiger partial charge in [-0.25, -0.2) is 9.18 Å². The van der Waals surface area contributed by atoms with Crippen molar-refractivity contribution in [2.45, 2.75) is 6.04 Å². The van der Waals surface area contributed by atoms with Crippen LogP contribution in [0.15, 0.2) is 24.3 Å². The lowest BCUT2D eigenvalue weighted by Crippen LogP contribution is -2.57. The first-order valence-corrected chi connectivity index (χ1v) is 9.51. The van der Waals surface area contributed by atoms with E-state index in [2.05, 4.69) is 0 Å². The van der Waals surface area contributed by atoms with Gasteiger partial charge in [-0.3, -0.25) is 4.79 Å². The van der Waals surface area contributed by atoms with E-state index >= 15 is 0 Å². The Morgan fingerprint density at radius 3 is 2.77 bits per heavy atom. The molecular formula is C20H18ClFN2O6. The van der Waals surface area contributed by atoms with Gasteiger partial charge in [0.1, 0.15) is 23.9 Å². The highest BCUT2D eigenvalue weighted by Crippen LogP contribution is 2.48. The lowest BCUT2D eigenvalue weighted by atomic mass is 9.99. The molecule has 2 aliphatic rings. The van der Waals surface area contributed by atoms with Gasteiger partial charge in [-0.2, -0.15) is 0 Å². The lowest BCUT2D eigenvalue weighted by Gasteiger charge is -2.38. The maximum absolute atomic E-state index is 14.5. The van der Waals surface area contributed by atoms with Gasteiger partial charge in [-0.15, -0.1) is 0 Å². The third-order valence-corrected chi connectivity index (χ3v) is 5.67. The molecule has 2 N–H and O–H groups in total. The van der Waals surface area contributed by atoms with Crippen molar-refractivity contribution in [3.8, 4) is 28.4 Å². The molecule has 4 rings (SSSR count). The summed E-state index contributed by atoms with van der Waals surface area (Å²) >= 11 is 6.55. The second-order valence-electron chi connectivity index (χ2n) is 6.97. The summed E-state index contributed by atoms with van der Waals surface area (Å²) in [7, 11) is 1.34. The fourth-order valence-corrected chi connectivity index (χ4v) is 4.18. The van der Waals surface area contributed by atoms with E-state index in [1.807, 2.05) is 0 Å². The summed E-state index contributed by atoms with van der Waals surface area (Å²) in [5, 5.41) is 19.4. The normalized spacial score (nSPS) is 18.2. The molecule has 0 radical (unpaired) electrons. The number of nitrogens with zero attached hydrogens (tertiary/aromatic N) is 2. The third-order valence-electron chi connectivity index (χ3n) is 5.31. The molecule has 0 aromatic heterocycles. The topological polar surface area (TPSA) is 99.5 Å². The second-order valence-corrected chi connectivity index (χ2v) is 7.35. The van der Waals surface area contributed by atoms with E-state index in [1.165, 1.54) is 36.3 Å². The molecule has 1 fully saturated rings. The second kappa shape index (κ2) is 7.56. The van der Waals surface area contributed by atoms with Crippen molar-refractivity contribution in [2.24, 2.45) is 0 Å². The highest BCUT2D eigenvalue weighted by Gasteiger charge is 2.39. The van der Waals surface area contributed by atoms with Crippen LogP contribution < -0.4 is 9.47 Å². The molecule has 0 bridgehead atoms. The van der Waals surface area contributed by atoms with Crippen molar-refractivity contribution in [1.29, 1.82) is 0 Å². The molecule has 2 aromatic carbocycles. The molecule has 2 amide bonds. The number of piperazine rings is 1. The fraction of sp³-hybridized carbons (Fsp3) is 0.300. The van der Waals surface area contributed by atoms with E-state index in [0.29, 0.717) is 0 Å². The number of methoxy groups -OCH3 is 1. The highest BCUT2D eigenvalue weighted by atomic mass is 35.5. The maximum Gasteiger partial charge on any atom is 0.407 e. The first-order chi connectivity index (χ1) is 14.3. The molecule has 2 aliphatic heterocycles. The van der Waals surface area contributed by atoms with E-state index in [0.717, 1.165) is 0 Å². The van der Waals surface area contributed by atoms with Gasteiger partial charge in [0, 0.05) is 19.6 Å². The molecule has 158 valence electrons. The molecule has 0 spiro atoms. The highest BCUT2D eigenvalue weighted by molar-refractivity contribution is 6.36. The number of carboxylic acid groups (broad SMARTS) is 1. The molecule has 0 saturated carbocycles. The Labute approximate surface area is 176 Å². The number of benzene rings is 2. The number of rotatable bonds is 2. The van der Waals surface area contributed by atoms with Gasteiger partial charge in [-0.05, 0) is 18.2 Å². The predicted molar refractivity (Wildman–Crippen MR) is 105 cm³/mol. The molecule has 10 heteroatoms. The zero-order valence-corrected chi connectivity index (χ0v) is 16.6. The van der Waals surface area contributed by atoms with Crippen LogP contribution in [0.2, 0.25) is 5.02 Å². The van der Waals surface area contributed by atoms with Gasteiger partial charge in [-0.1, -0.05) is 17.7 Å². The number of carbonyl (C=O) groups is 2. The van der Waals surface area contributed by atoms with Gasteiger partial charge in [0.15, 0.2) is 5.75 Å². The van der Waals surface area contributed by atoms with Crippen LogP contribution in [0.4, 0.5) is 9.18 Å². The largest absolute Gasteiger partial charge is 0.507 e. The Morgan fingerprint density at radius 2 is 2.10 bits per heavy atom. The molecule has 1 atom stereocenters. The van der Waals surface area contributed by atoms with Crippen LogP contribution >= 0.6 is 11.6 Å². The minimum absolute atomic E-state index is 0.0112. The maximum atomic E-state index is 14.5. The van der Waals surface area contributed by atoms with E-state index in [4.69, 9.17) is 21.1 Å². The minimum Gasteiger partial charge on any atom is -0.507 e. The summed E-state index contributed by atoms with van der Waals surface area (Å²) in [6, 6.07) is 4.73. The molecule has 2 heterocycles. The van der Waals surface area contributed by atoms with Gasteiger partial charge < -0.3 is 29.5 Å². The first kappa shape index (κ1) is 20.1. The summed E-state index contributed by atoms with van der Waals surface area (Å²) in [6.07, 6.45) is -1.07. The first-order valence-electron chi connectivity index (χ1n) is 9.13. The Hall–Kier alpha value is -3.20. The Bertz CT molecular complexity index is 1030. The Balaban J connectivity index is 1.84. The summed E-state index contributed by atoms with van der Waals surface area (Å²) in [6.45, 7) is 0.495. The number of phenolic OH excluding ortho intramolecular Hbond substituents is 1. The van der Waals surface area contributed by atoms with Crippen LogP contribution in [0, 0.1) is 5.82 Å². The Morgan fingerprint density at radius 1 is 1.33 bits per heavy atom. The minimum atomic E-state index is -1.07. The molecule has 0 aliphatic carbocycles.